The van der Waals surface area contributed by atoms with Crippen molar-refractivity contribution in [2.24, 2.45) is 0 Å². The van der Waals surface area contributed by atoms with E-state index in [-0.39, 0.29) is 11.8 Å². The zero-order chi connectivity index (χ0) is 22.7. The molecule has 2 fully saturated rings. The van der Waals surface area contributed by atoms with Crippen molar-refractivity contribution in [2.45, 2.75) is 109 Å². The first-order valence-corrected chi connectivity index (χ1v) is 14.3. The average Bonchev–Trinajstić information content (AvgIpc) is 3.41. The van der Waals surface area contributed by atoms with Crippen LogP contribution in [0, 0.1) is 0 Å². The van der Waals surface area contributed by atoms with Crippen molar-refractivity contribution < 1.29 is 18.0 Å². The average molecular weight is 458 g/mol. The zero-order valence-corrected chi connectivity index (χ0v) is 20.4. The summed E-state index contributed by atoms with van der Waals surface area (Å²) in [5.74, 6) is -0.301. The number of nitrogens with one attached hydrogen (secondary N) is 1. The van der Waals surface area contributed by atoms with Crippen LogP contribution in [0.4, 0.5) is 0 Å². The van der Waals surface area contributed by atoms with E-state index in [4.69, 9.17) is 0 Å². The van der Waals surface area contributed by atoms with Crippen LogP contribution in [0.1, 0.15) is 96.8 Å². The molecule has 0 bridgehead atoms. The van der Waals surface area contributed by atoms with Crippen molar-refractivity contribution in [1.82, 2.24) is 14.5 Å². The van der Waals surface area contributed by atoms with E-state index in [1.165, 1.54) is 55.7 Å². The molecule has 2 rings (SSSR count). The smallest absolute Gasteiger partial charge is 0.242 e. The number of sulfonamides is 1. The molecule has 7 nitrogen and oxygen atoms in total. The maximum Gasteiger partial charge on any atom is 0.242 e. The molecule has 2 saturated heterocycles. The van der Waals surface area contributed by atoms with E-state index in [1.807, 2.05) is 0 Å². The van der Waals surface area contributed by atoms with Crippen LogP contribution >= 0.6 is 0 Å². The van der Waals surface area contributed by atoms with Crippen molar-refractivity contribution in [3.63, 3.8) is 0 Å². The Balaban J connectivity index is 1.66. The Morgan fingerprint density at radius 1 is 0.839 bits per heavy atom. The largest absolute Gasteiger partial charge is 0.354 e. The van der Waals surface area contributed by atoms with E-state index in [9.17, 15) is 18.0 Å². The van der Waals surface area contributed by atoms with E-state index < -0.39 is 22.1 Å². The molecule has 2 aliphatic heterocycles. The summed E-state index contributed by atoms with van der Waals surface area (Å²) in [6, 6.07) is -1.11. The van der Waals surface area contributed by atoms with Gasteiger partial charge in [-0.15, -0.1) is 0 Å². The molecule has 0 spiro atoms. The lowest BCUT2D eigenvalue weighted by molar-refractivity contribution is -0.140. The predicted molar refractivity (Wildman–Crippen MR) is 124 cm³/mol. The summed E-state index contributed by atoms with van der Waals surface area (Å²) >= 11 is 0. The van der Waals surface area contributed by atoms with Gasteiger partial charge in [-0.3, -0.25) is 9.59 Å². The van der Waals surface area contributed by atoms with E-state index in [0.717, 1.165) is 25.5 Å². The molecule has 0 aromatic carbocycles. The third-order valence-corrected chi connectivity index (χ3v) is 7.87. The van der Waals surface area contributed by atoms with E-state index in [0.29, 0.717) is 38.9 Å². The quantitative estimate of drug-likeness (QED) is 0.405. The highest BCUT2D eigenvalue weighted by atomic mass is 32.2. The van der Waals surface area contributed by atoms with Crippen LogP contribution in [0.25, 0.3) is 0 Å². The molecule has 8 heteroatoms. The van der Waals surface area contributed by atoms with Gasteiger partial charge in [0, 0.05) is 19.6 Å². The van der Waals surface area contributed by atoms with Crippen molar-refractivity contribution in [3.05, 3.63) is 0 Å². The van der Waals surface area contributed by atoms with Crippen LogP contribution in [-0.2, 0) is 19.6 Å². The molecule has 2 atom stereocenters. The third kappa shape index (κ3) is 8.37. The molecular weight excluding hydrogens is 414 g/mol. The molecule has 1 N–H and O–H groups in total. The van der Waals surface area contributed by atoms with Crippen LogP contribution in [0.2, 0.25) is 0 Å². The summed E-state index contributed by atoms with van der Waals surface area (Å²) in [4.78, 5) is 27.3. The molecule has 0 saturated carbocycles. The number of rotatable bonds is 14. The number of likely N-dealkylation sites (tertiary alicyclic amines) is 1. The Kier molecular flexibility index (Phi) is 11.3. The summed E-state index contributed by atoms with van der Waals surface area (Å²) in [5, 5.41) is 3.00. The van der Waals surface area contributed by atoms with Crippen molar-refractivity contribution in [3.8, 4) is 0 Å². The Hall–Kier alpha value is -1.15. The van der Waals surface area contributed by atoms with Gasteiger partial charge in [0.2, 0.25) is 21.8 Å². The summed E-state index contributed by atoms with van der Waals surface area (Å²) in [7, 11) is -3.41. The Bertz CT molecular complexity index is 668. The highest BCUT2D eigenvalue weighted by Gasteiger charge is 2.43. The number of nitrogens with zero attached hydrogens (tertiary/aromatic N) is 2. The van der Waals surface area contributed by atoms with E-state index in [1.54, 1.807) is 4.90 Å². The van der Waals surface area contributed by atoms with E-state index in [2.05, 4.69) is 12.2 Å². The first kappa shape index (κ1) is 26.1. The third-order valence-electron chi connectivity index (χ3n) is 6.58. The SMILES string of the molecule is CCCCCCCCCCCCNC(=O)C1CCCN1C(=O)[C@@H]1CCCN1S(C)(=O)=O. The van der Waals surface area contributed by atoms with Gasteiger partial charge < -0.3 is 10.2 Å². The van der Waals surface area contributed by atoms with Gasteiger partial charge in [-0.25, -0.2) is 8.42 Å². The number of amides is 2. The second-order valence-electron chi connectivity index (χ2n) is 9.19. The topological polar surface area (TPSA) is 86.8 Å². The number of hydrogen-bond donors (Lipinski definition) is 1. The second kappa shape index (κ2) is 13.4. The summed E-state index contributed by atoms with van der Waals surface area (Å²) in [6.07, 6.45) is 16.4. The van der Waals surface area contributed by atoms with E-state index >= 15 is 0 Å². The number of hydrogen-bond acceptors (Lipinski definition) is 4. The highest BCUT2D eigenvalue weighted by molar-refractivity contribution is 7.88. The lowest BCUT2D eigenvalue weighted by Gasteiger charge is -2.29. The number of unbranched alkanes of at least 4 members (excludes halogenated alkanes) is 9. The van der Waals surface area contributed by atoms with Gasteiger partial charge in [0.1, 0.15) is 12.1 Å². The minimum atomic E-state index is -3.41. The fourth-order valence-electron chi connectivity index (χ4n) is 4.82. The molecule has 0 aromatic heterocycles. The molecule has 0 radical (unpaired) electrons. The molecule has 0 aliphatic carbocycles. The first-order valence-electron chi connectivity index (χ1n) is 12.4. The predicted octanol–water partition coefficient (Wildman–Crippen LogP) is 3.44. The van der Waals surface area contributed by atoms with Gasteiger partial charge in [0.15, 0.2) is 0 Å². The summed E-state index contributed by atoms with van der Waals surface area (Å²) in [5.41, 5.74) is 0. The minimum Gasteiger partial charge on any atom is -0.354 e. The standard InChI is InChI=1S/C23H43N3O4S/c1-3-4-5-6-7-8-9-10-11-12-17-24-22(27)20-15-13-18-25(20)23(28)21-16-14-19-26(21)31(2,29)30/h20-21H,3-19H2,1-2H3,(H,24,27)/t20?,21-/m0/s1. The molecule has 2 aliphatic rings. The number of carbonyl (C=O) groups excluding carboxylic acids is 2. The maximum atomic E-state index is 13.0. The highest BCUT2D eigenvalue weighted by Crippen LogP contribution is 2.26. The first-order chi connectivity index (χ1) is 14.9. The molecule has 31 heavy (non-hydrogen) atoms. The molecule has 1 unspecified atom stereocenters. The summed E-state index contributed by atoms with van der Waals surface area (Å²) in [6.45, 7) is 3.80. The van der Waals surface area contributed by atoms with Crippen molar-refractivity contribution in [1.29, 1.82) is 0 Å². The Morgan fingerprint density at radius 3 is 2.00 bits per heavy atom. The van der Waals surface area contributed by atoms with Crippen LogP contribution in [-0.4, -0.2) is 67.4 Å². The maximum absolute atomic E-state index is 13.0. The van der Waals surface area contributed by atoms with Gasteiger partial charge in [-0.1, -0.05) is 64.7 Å². The fourth-order valence-corrected chi connectivity index (χ4v) is 5.94. The molecule has 0 aromatic rings. The normalized spacial score (nSPS) is 22.2. The number of carbonyl (C=O) groups is 2. The minimum absolute atomic E-state index is 0.0920. The van der Waals surface area contributed by atoms with Crippen LogP contribution in [0.5, 0.6) is 0 Å². The van der Waals surface area contributed by atoms with Gasteiger partial charge in [0.25, 0.3) is 0 Å². The van der Waals surface area contributed by atoms with Gasteiger partial charge >= 0.3 is 0 Å². The van der Waals surface area contributed by atoms with Crippen LogP contribution < -0.4 is 5.32 Å². The van der Waals surface area contributed by atoms with Crippen molar-refractivity contribution >= 4 is 21.8 Å². The van der Waals surface area contributed by atoms with Crippen LogP contribution in [0.3, 0.4) is 0 Å². The second-order valence-corrected chi connectivity index (χ2v) is 11.1. The molecular formula is C23H43N3O4S. The molecule has 180 valence electrons. The lowest BCUT2D eigenvalue weighted by atomic mass is 10.1. The zero-order valence-electron chi connectivity index (χ0n) is 19.6. The van der Waals surface area contributed by atoms with Gasteiger partial charge in [0.05, 0.1) is 6.26 Å². The monoisotopic (exact) mass is 457 g/mol. The Labute approximate surface area is 189 Å². The molecule has 2 amide bonds. The van der Waals surface area contributed by atoms with Gasteiger partial charge in [-0.2, -0.15) is 4.31 Å². The fraction of sp³-hybridized carbons (Fsp3) is 0.913. The Morgan fingerprint density at radius 2 is 1.39 bits per heavy atom. The van der Waals surface area contributed by atoms with Gasteiger partial charge in [-0.05, 0) is 32.1 Å². The molecule has 2 heterocycles. The summed E-state index contributed by atoms with van der Waals surface area (Å²) < 4.78 is 25.3. The lowest BCUT2D eigenvalue weighted by Crippen LogP contribution is -2.52. The van der Waals surface area contributed by atoms with Crippen LogP contribution in [0.15, 0.2) is 0 Å². The van der Waals surface area contributed by atoms with Crippen molar-refractivity contribution in [2.75, 3.05) is 25.9 Å².